The third-order valence-corrected chi connectivity index (χ3v) is 6.12. The molecule has 2 aliphatic carbocycles. The van der Waals surface area contributed by atoms with Gasteiger partial charge < -0.3 is 15.4 Å². The molecule has 4 nitrogen and oxygen atoms in total. The van der Waals surface area contributed by atoms with Crippen LogP contribution >= 0.6 is 0 Å². The Morgan fingerprint density at radius 2 is 1.81 bits per heavy atom. The fourth-order valence-electron chi connectivity index (χ4n) is 4.09. The number of aryl methyl sites for hydroxylation is 1. The van der Waals surface area contributed by atoms with Crippen molar-refractivity contribution in [3.63, 3.8) is 0 Å². The molecule has 0 radical (unpaired) electrons. The van der Waals surface area contributed by atoms with E-state index >= 15 is 0 Å². The third kappa shape index (κ3) is 6.57. The summed E-state index contributed by atoms with van der Waals surface area (Å²) in [5.41, 5.74) is 5.13. The van der Waals surface area contributed by atoms with E-state index in [1.165, 1.54) is 29.5 Å². The number of hydrogen-bond donors (Lipinski definition) is 2. The fourth-order valence-corrected chi connectivity index (χ4v) is 4.09. The Morgan fingerprint density at radius 1 is 1.03 bits per heavy atom. The van der Waals surface area contributed by atoms with E-state index in [-0.39, 0.29) is 11.9 Å². The maximum absolute atomic E-state index is 12.7. The van der Waals surface area contributed by atoms with Crippen LogP contribution in [0.5, 0.6) is 5.75 Å². The quantitative estimate of drug-likeness (QED) is 0.639. The Bertz CT molecular complexity index is 894. The van der Waals surface area contributed by atoms with Crippen molar-refractivity contribution < 1.29 is 9.53 Å². The highest BCUT2D eigenvalue weighted by Crippen LogP contribution is 2.29. The number of rotatable bonds is 8. The molecule has 1 amide bonds. The molecular weight excluding hydrogens is 384 g/mol. The highest BCUT2D eigenvalue weighted by atomic mass is 16.5. The number of carbonyl (C=O) groups excluding carboxylic acids is 1. The zero-order valence-electron chi connectivity index (χ0n) is 19.2. The number of nitrogens with one attached hydrogen (secondary N) is 2. The molecule has 0 bridgehead atoms. The molecule has 0 saturated heterocycles. The van der Waals surface area contributed by atoms with Crippen LogP contribution in [0.3, 0.4) is 0 Å². The molecular formula is C27H36N2O2. The second-order valence-corrected chi connectivity index (χ2v) is 10.5. The molecule has 1 saturated carbocycles. The largest absolute Gasteiger partial charge is 0.493 e. The SMILES string of the molecule is CC(C)(C)CNCc1ccc2c(c1)CC[C@H](NC(=O)c1ccc(OCC3CC3)cc1)C2. The first-order chi connectivity index (χ1) is 14.9. The van der Waals surface area contributed by atoms with E-state index in [4.69, 9.17) is 4.74 Å². The average Bonchev–Trinajstić information content (AvgIpc) is 3.56. The van der Waals surface area contributed by atoms with Gasteiger partial charge in [-0.15, -0.1) is 0 Å². The van der Waals surface area contributed by atoms with E-state index in [2.05, 4.69) is 49.6 Å². The summed E-state index contributed by atoms with van der Waals surface area (Å²) in [5, 5.41) is 6.79. The molecule has 2 aromatic rings. The Kier molecular flexibility index (Phi) is 6.66. The smallest absolute Gasteiger partial charge is 0.251 e. The maximum Gasteiger partial charge on any atom is 0.251 e. The first-order valence-electron chi connectivity index (χ1n) is 11.7. The van der Waals surface area contributed by atoms with Gasteiger partial charge in [-0.1, -0.05) is 39.0 Å². The molecule has 31 heavy (non-hydrogen) atoms. The molecule has 1 fully saturated rings. The van der Waals surface area contributed by atoms with Crippen molar-refractivity contribution in [2.45, 2.75) is 65.5 Å². The zero-order chi connectivity index (χ0) is 21.8. The molecule has 0 spiro atoms. The summed E-state index contributed by atoms with van der Waals surface area (Å²) in [7, 11) is 0. The molecule has 0 heterocycles. The van der Waals surface area contributed by atoms with Gasteiger partial charge in [-0.05, 0) is 84.4 Å². The zero-order valence-corrected chi connectivity index (χ0v) is 19.2. The van der Waals surface area contributed by atoms with Gasteiger partial charge in [-0.2, -0.15) is 0 Å². The Morgan fingerprint density at radius 3 is 2.52 bits per heavy atom. The molecule has 2 aliphatic rings. The Balaban J connectivity index is 1.27. The first-order valence-corrected chi connectivity index (χ1v) is 11.7. The van der Waals surface area contributed by atoms with Gasteiger partial charge >= 0.3 is 0 Å². The van der Waals surface area contributed by atoms with Crippen molar-refractivity contribution in [1.82, 2.24) is 10.6 Å². The van der Waals surface area contributed by atoms with Crippen LogP contribution in [0, 0.1) is 11.3 Å². The summed E-state index contributed by atoms with van der Waals surface area (Å²) in [6, 6.07) is 14.5. The monoisotopic (exact) mass is 420 g/mol. The van der Waals surface area contributed by atoms with Crippen LogP contribution in [0.2, 0.25) is 0 Å². The normalized spacial score (nSPS) is 18.4. The number of ether oxygens (including phenoxy) is 1. The van der Waals surface area contributed by atoms with Crippen LogP contribution in [0.15, 0.2) is 42.5 Å². The van der Waals surface area contributed by atoms with E-state index in [0.29, 0.717) is 11.0 Å². The predicted molar refractivity (Wildman–Crippen MR) is 126 cm³/mol. The summed E-state index contributed by atoms with van der Waals surface area (Å²) < 4.78 is 5.77. The minimum atomic E-state index is 0.00481. The Labute approximate surface area is 186 Å². The van der Waals surface area contributed by atoms with E-state index in [1.807, 2.05) is 24.3 Å². The molecule has 1 atom stereocenters. The van der Waals surface area contributed by atoms with Gasteiger partial charge in [0.25, 0.3) is 5.91 Å². The lowest BCUT2D eigenvalue weighted by molar-refractivity contribution is 0.0933. The topological polar surface area (TPSA) is 50.4 Å². The number of benzene rings is 2. The third-order valence-electron chi connectivity index (χ3n) is 6.12. The molecule has 2 aromatic carbocycles. The highest BCUT2D eigenvalue weighted by Gasteiger charge is 2.23. The van der Waals surface area contributed by atoms with Crippen LogP contribution in [-0.2, 0) is 19.4 Å². The molecule has 4 rings (SSSR count). The lowest BCUT2D eigenvalue weighted by atomic mass is 9.87. The first kappa shape index (κ1) is 21.9. The van der Waals surface area contributed by atoms with Gasteiger partial charge in [0.2, 0.25) is 0 Å². The van der Waals surface area contributed by atoms with Crippen molar-refractivity contribution in [2.24, 2.45) is 11.3 Å². The maximum atomic E-state index is 12.7. The van der Waals surface area contributed by atoms with Gasteiger partial charge in [-0.3, -0.25) is 4.79 Å². The summed E-state index contributed by atoms with van der Waals surface area (Å²) >= 11 is 0. The van der Waals surface area contributed by atoms with Crippen LogP contribution in [0.1, 0.15) is 67.1 Å². The Hall–Kier alpha value is -2.33. The van der Waals surface area contributed by atoms with Crippen LogP contribution in [-0.4, -0.2) is 25.1 Å². The van der Waals surface area contributed by atoms with Crippen LogP contribution in [0.4, 0.5) is 0 Å². The molecule has 0 aliphatic heterocycles. The second-order valence-electron chi connectivity index (χ2n) is 10.5. The van der Waals surface area contributed by atoms with Crippen LogP contribution in [0.25, 0.3) is 0 Å². The fraction of sp³-hybridized carbons (Fsp3) is 0.519. The summed E-state index contributed by atoms with van der Waals surface area (Å²) in [4.78, 5) is 12.7. The minimum absolute atomic E-state index is 0.00481. The van der Waals surface area contributed by atoms with Crippen LogP contribution < -0.4 is 15.4 Å². The van der Waals surface area contributed by atoms with E-state index in [1.54, 1.807) is 0 Å². The van der Waals surface area contributed by atoms with Gasteiger partial charge in [0.05, 0.1) is 6.61 Å². The lowest BCUT2D eigenvalue weighted by Crippen LogP contribution is -2.38. The van der Waals surface area contributed by atoms with Gasteiger partial charge in [0.15, 0.2) is 0 Å². The summed E-state index contributed by atoms with van der Waals surface area (Å²) in [6.07, 6.45) is 5.46. The summed E-state index contributed by atoms with van der Waals surface area (Å²) in [6.45, 7) is 9.45. The minimum Gasteiger partial charge on any atom is -0.493 e. The lowest BCUT2D eigenvalue weighted by Gasteiger charge is -2.26. The van der Waals surface area contributed by atoms with Crippen molar-refractivity contribution in [3.8, 4) is 5.75 Å². The predicted octanol–water partition coefficient (Wildman–Crippen LogP) is 4.90. The van der Waals surface area contributed by atoms with Gasteiger partial charge in [0.1, 0.15) is 5.75 Å². The molecule has 166 valence electrons. The second kappa shape index (κ2) is 9.44. The van der Waals surface area contributed by atoms with Crippen molar-refractivity contribution in [2.75, 3.05) is 13.2 Å². The van der Waals surface area contributed by atoms with E-state index in [0.717, 1.165) is 50.6 Å². The molecule has 0 unspecified atom stereocenters. The standard InChI is InChI=1S/C27H36N2O2/c1-27(2,3)18-28-16-20-6-7-23-15-24(11-8-22(23)14-20)29-26(30)21-9-12-25(13-10-21)31-17-19-4-5-19/h6-7,9-10,12-14,19,24,28H,4-5,8,11,15-18H2,1-3H3,(H,29,30)/t24-/m0/s1. The molecule has 2 N–H and O–H groups in total. The van der Waals surface area contributed by atoms with E-state index < -0.39 is 0 Å². The number of amides is 1. The molecule has 4 heteroatoms. The van der Waals surface area contributed by atoms with Gasteiger partial charge in [-0.25, -0.2) is 0 Å². The number of fused-ring (bicyclic) bond motifs is 1. The average molecular weight is 421 g/mol. The number of hydrogen-bond acceptors (Lipinski definition) is 3. The van der Waals surface area contributed by atoms with Gasteiger partial charge in [0, 0.05) is 24.7 Å². The van der Waals surface area contributed by atoms with Crippen molar-refractivity contribution in [3.05, 3.63) is 64.7 Å². The van der Waals surface area contributed by atoms with E-state index in [9.17, 15) is 4.79 Å². The van der Waals surface area contributed by atoms with Crippen molar-refractivity contribution in [1.29, 1.82) is 0 Å². The van der Waals surface area contributed by atoms with Crippen molar-refractivity contribution >= 4 is 5.91 Å². The summed E-state index contributed by atoms with van der Waals surface area (Å²) in [5.74, 6) is 1.58. The highest BCUT2D eigenvalue weighted by molar-refractivity contribution is 5.94. The number of carbonyl (C=O) groups is 1. The molecule has 0 aromatic heterocycles.